The summed E-state index contributed by atoms with van der Waals surface area (Å²) in [5, 5.41) is 6.79. The molecule has 9 nitrogen and oxygen atoms in total. The number of hydrogen-bond donors (Lipinski definition) is 1. The van der Waals surface area contributed by atoms with Crippen molar-refractivity contribution in [1.29, 1.82) is 0 Å². The predicted molar refractivity (Wildman–Crippen MR) is 163 cm³/mol. The molecule has 0 amide bonds. The number of benzene rings is 3. The Hall–Kier alpha value is -3.66. The average Bonchev–Trinajstić information content (AvgIpc) is 3.03. The zero-order valence-electron chi connectivity index (χ0n) is 24.5. The summed E-state index contributed by atoms with van der Waals surface area (Å²) in [6.07, 6.45) is 1.68. The van der Waals surface area contributed by atoms with Crippen LogP contribution < -0.4 is 24.4 Å². The quantitative estimate of drug-likeness (QED) is 0.187. The Morgan fingerprint density at radius 2 is 1.86 bits per heavy atom. The van der Waals surface area contributed by atoms with Crippen LogP contribution in [0.25, 0.3) is 0 Å². The standard InChI is InChI=1S/C33H41N3O6/c1-3-16-39-27-6-4-7-28(20-27)42-26-11-9-25(10-12-26)33-29(35-37)21-34-22-32(33)41-23-24-8-13-31-30(19-24)36(15-18-40-31)14-5-17-38-2/h4,6-13,19-20,29,32-34H,3,5,14-18,21-23H2,1-2H3/t29-,32+,33+/m1/s1. The minimum absolute atomic E-state index is 0.171. The van der Waals surface area contributed by atoms with Gasteiger partial charge in [-0.1, -0.05) is 36.4 Å². The zero-order chi connectivity index (χ0) is 29.1. The number of nitrogens with one attached hydrogen (secondary N) is 1. The van der Waals surface area contributed by atoms with Gasteiger partial charge in [0.1, 0.15) is 35.6 Å². The molecule has 42 heavy (non-hydrogen) atoms. The van der Waals surface area contributed by atoms with Gasteiger partial charge in [0.15, 0.2) is 0 Å². The van der Waals surface area contributed by atoms with Crippen LogP contribution >= 0.6 is 0 Å². The molecule has 0 radical (unpaired) electrons. The van der Waals surface area contributed by atoms with Gasteiger partial charge in [-0.05, 0) is 60.4 Å². The number of nitroso groups, excluding NO2 is 1. The third-order valence-corrected chi connectivity index (χ3v) is 7.65. The first-order chi connectivity index (χ1) is 20.7. The van der Waals surface area contributed by atoms with Crippen LogP contribution in [0.3, 0.4) is 0 Å². The van der Waals surface area contributed by atoms with Gasteiger partial charge in [-0.25, -0.2) is 0 Å². The highest BCUT2D eigenvalue weighted by Gasteiger charge is 2.36. The van der Waals surface area contributed by atoms with Crippen LogP contribution in [0.15, 0.2) is 71.9 Å². The second-order valence-electron chi connectivity index (χ2n) is 10.7. The Morgan fingerprint density at radius 3 is 2.67 bits per heavy atom. The number of anilines is 1. The molecule has 1 N–H and O–H groups in total. The van der Waals surface area contributed by atoms with Gasteiger partial charge in [0.25, 0.3) is 0 Å². The molecule has 1 saturated heterocycles. The zero-order valence-corrected chi connectivity index (χ0v) is 24.5. The summed E-state index contributed by atoms with van der Waals surface area (Å²) in [6, 6.07) is 21.3. The molecule has 2 aliphatic rings. The molecule has 3 aromatic rings. The highest BCUT2D eigenvalue weighted by Crippen LogP contribution is 2.35. The summed E-state index contributed by atoms with van der Waals surface area (Å²) >= 11 is 0. The molecule has 0 unspecified atom stereocenters. The summed E-state index contributed by atoms with van der Waals surface area (Å²) in [5.41, 5.74) is 3.15. The van der Waals surface area contributed by atoms with E-state index in [-0.39, 0.29) is 12.0 Å². The number of hydrogen-bond acceptors (Lipinski definition) is 9. The molecular weight excluding hydrogens is 534 g/mol. The van der Waals surface area contributed by atoms with Crippen molar-refractivity contribution in [3.05, 3.63) is 82.8 Å². The van der Waals surface area contributed by atoms with Crippen molar-refractivity contribution in [2.75, 3.05) is 58.0 Å². The highest BCUT2D eigenvalue weighted by atomic mass is 16.5. The van der Waals surface area contributed by atoms with E-state index in [0.717, 1.165) is 60.9 Å². The Labute approximate surface area is 248 Å². The van der Waals surface area contributed by atoms with Crippen LogP contribution in [-0.4, -0.2) is 65.3 Å². The van der Waals surface area contributed by atoms with Gasteiger partial charge in [-0.3, -0.25) is 0 Å². The Bertz CT molecular complexity index is 1290. The summed E-state index contributed by atoms with van der Waals surface area (Å²) in [5.74, 6) is 2.92. The van der Waals surface area contributed by atoms with Crippen molar-refractivity contribution >= 4 is 5.69 Å². The number of fused-ring (bicyclic) bond motifs is 1. The fourth-order valence-corrected chi connectivity index (χ4v) is 5.56. The lowest BCUT2D eigenvalue weighted by atomic mass is 9.84. The van der Waals surface area contributed by atoms with E-state index in [0.29, 0.717) is 44.4 Å². The fourth-order valence-electron chi connectivity index (χ4n) is 5.56. The minimum Gasteiger partial charge on any atom is -0.493 e. The molecule has 3 aromatic carbocycles. The topological polar surface area (TPSA) is 90.8 Å². The van der Waals surface area contributed by atoms with Crippen molar-refractivity contribution in [2.45, 2.75) is 44.4 Å². The van der Waals surface area contributed by atoms with E-state index in [1.165, 1.54) is 0 Å². The number of rotatable bonds is 14. The Kier molecular flexibility index (Phi) is 10.6. The second-order valence-corrected chi connectivity index (χ2v) is 10.7. The van der Waals surface area contributed by atoms with Gasteiger partial charge in [-0.15, -0.1) is 0 Å². The first-order valence-corrected chi connectivity index (χ1v) is 14.8. The smallest absolute Gasteiger partial charge is 0.142 e. The van der Waals surface area contributed by atoms with E-state index in [4.69, 9.17) is 23.7 Å². The largest absolute Gasteiger partial charge is 0.493 e. The van der Waals surface area contributed by atoms with E-state index in [9.17, 15) is 4.91 Å². The van der Waals surface area contributed by atoms with Crippen LogP contribution in [0.5, 0.6) is 23.0 Å². The maximum atomic E-state index is 11.9. The molecule has 0 spiro atoms. The first kappa shape index (κ1) is 29.8. The number of nitrogens with zero attached hydrogens (tertiary/aromatic N) is 2. The molecule has 2 heterocycles. The van der Waals surface area contributed by atoms with Crippen LogP contribution in [0.2, 0.25) is 0 Å². The van der Waals surface area contributed by atoms with E-state index < -0.39 is 6.04 Å². The van der Waals surface area contributed by atoms with Crippen LogP contribution in [0.4, 0.5) is 5.69 Å². The molecule has 224 valence electrons. The lowest BCUT2D eigenvalue weighted by molar-refractivity contribution is 0.00539. The number of ether oxygens (including phenoxy) is 5. The molecule has 0 aromatic heterocycles. The molecule has 9 heteroatoms. The van der Waals surface area contributed by atoms with Crippen molar-refractivity contribution < 1.29 is 23.7 Å². The van der Waals surface area contributed by atoms with E-state index in [2.05, 4.69) is 28.4 Å². The van der Waals surface area contributed by atoms with Crippen molar-refractivity contribution in [2.24, 2.45) is 5.18 Å². The van der Waals surface area contributed by atoms with Gasteiger partial charge in [-0.2, -0.15) is 4.91 Å². The van der Waals surface area contributed by atoms with Crippen LogP contribution in [-0.2, 0) is 16.1 Å². The number of piperidine rings is 1. The lowest BCUT2D eigenvalue weighted by Gasteiger charge is -2.36. The monoisotopic (exact) mass is 575 g/mol. The van der Waals surface area contributed by atoms with E-state index in [1.54, 1.807) is 7.11 Å². The molecular formula is C33H41N3O6. The summed E-state index contributed by atoms with van der Waals surface area (Å²) in [7, 11) is 1.73. The highest BCUT2D eigenvalue weighted by molar-refractivity contribution is 5.61. The van der Waals surface area contributed by atoms with E-state index >= 15 is 0 Å². The average molecular weight is 576 g/mol. The molecule has 2 aliphatic heterocycles. The minimum atomic E-state index is -0.434. The second kappa shape index (κ2) is 15.0. The van der Waals surface area contributed by atoms with Crippen LogP contribution in [0, 0.1) is 4.91 Å². The third kappa shape index (κ3) is 7.59. The van der Waals surface area contributed by atoms with Crippen LogP contribution in [0.1, 0.15) is 36.8 Å². The van der Waals surface area contributed by atoms with Crippen molar-refractivity contribution in [3.63, 3.8) is 0 Å². The first-order valence-electron chi connectivity index (χ1n) is 14.8. The third-order valence-electron chi connectivity index (χ3n) is 7.65. The molecule has 0 aliphatic carbocycles. The normalized spacial score (nSPS) is 20.0. The summed E-state index contributed by atoms with van der Waals surface area (Å²) < 4.78 is 29.4. The molecule has 3 atom stereocenters. The predicted octanol–water partition coefficient (Wildman–Crippen LogP) is 5.91. The van der Waals surface area contributed by atoms with Crippen molar-refractivity contribution in [3.8, 4) is 23.0 Å². The van der Waals surface area contributed by atoms with Gasteiger partial charge in [0, 0.05) is 45.3 Å². The van der Waals surface area contributed by atoms with Gasteiger partial charge >= 0.3 is 0 Å². The molecule has 5 rings (SSSR count). The maximum Gasteiger partial charge on any atom is 0.142 e. The van der Waals surface area contributed by atoms with Gasteiger partial charge in [0.2, 0.25) is 0 Å². The van der Waals surface area contributed by atoms with Gasteiger partial charge < -0.3 is 33.9 Å². The van der Waals surface area contributed by atoms with Crippen molar-refractivity contribution in [1.82, 2.24) is 5.32 Å². The maximum absolute atomic E-state index is 11.9. The molecule has 0 bridgehead atoms. The SMILES string of the molecule is CCCOc1cccc(Oc2ccc([C@@H]3[C@@H](OCc4ccc5c(c4)N(CCCOC)CCO5)CNC[C@H]3N=O)cc2)c1. The summed E-state index contributed by atoms with van der Waals surface area (Å²) in [4.78, 5) is 14.2. The fraction of sp³-hybridized carbons (Fsp3) is 0.455. The molecule has 0 saturated carbocycles. The summed E-state index contributed by atoms with van der Waals surface area (Å²) in [6.45, 7) is 7.48. The van der Waals surface area contributed by atoms with Gasteiger partial charge in [0.05, 0.1) is 31.5 Å². The van der Waals surface area contributed by atoms with E-state index in [1.807, 2.05) is 60.7 Å². The Morgan fingerprint density at radius 1 is 1.00 bits per heavy atom. The molecule has 1 fully saturated rings. The Balaban J connectivity index is 1.26. The number of methoxy groups -OCH3 is 1. The lowest BCUT2D eigenvalue weighted by Crippen LogP contribution is -2.48.